The maximum atomic E-state index is 12.3. The summed E-state index contributed by atoms with van der Waals surface area (Å²) in [7, 11) is -3.82. The van der Waals surface area contributed by atoms with Crippen molar-refractivity contribution in [1.82, 2.24) is 24.5 Å². The Morgan fingerprint density at radius 2 is 1.74 bits per heavy atom. The Hall–Kier alpha value is -3.90. The highest BCUT2D eigenvalue weighted by atomic mass is 32.2. The zero-order valence-corrected chi connectivity index (χ0v) is 16.8. The summed E-state index contributed by atoms with van der Waals surface area (Å²) in [4.78, 5) is 10.0. The van der Waals surface area contributed by atoms with Gasteiger partial charge in [0.25, 0.3) is 5.69 Å². The largest absolute Gasteiger partial charge is 0.475 e. The van der Waals surface area contributed by atoms with Crippen molar-refractivity contribution in [3.05, 3.63) is 76.8 Å². The molecule has 0 aliphatic carbocycles. The summed E-state index contributed by atoms with van der Waals surface area (Å²) >= 11 is 0. The second-order valence-corrected chi connectivity index (χ2v) is 8.10. The van der Waals surface area contributed by atoms with Gasteiger partial charge in [-0.15, -0.1) is 15.3 Å². The molecule has 0 radical (unpaired) electrons. The Morgan fingerprint density at radius 3 is 2.45 bits per heavy atom. The predicted octanol–water partition coefficient (Wildman–Crippen LogP) is 2.06. The lowest BCUT2D eigenvalue weighted by Gasteiger charge is -2.08. The Labute approximate surface area is 176 Å². The van der Waals surface area contributed by atoms with E-state index in [1.54, 1.807) is 16.6 Å². The second kappa shape index (κ2) is 8.45. The van der Waals surface area contributed by atoms with Crippen LogP contribution in [0.2, 0.25) is 0 Å². The van der Waals surface area contributed by atoms with Crippen LogP contribution in [0.1, 0.15) is 0 Å². The maximum absolute atomic E-state index is 12.3. The molecule has 12 heteroatoms. The summed E-state index contributed by atoms with van der Waals surface area (Å²) in [6.45, 7) is 0.000271. The quantitative estimate of drug-likeness (QED) is 0.249. The van der Waals surface area contributed by atoms with Crippen LogP contribution in [0.4, 0.5) is 5.69 Å². The van der Waals surface area contributed by atoms with Gasteiger partial charge in [0.05, 0.1) is 9.82 Å². The molecule has 31 heavy (non-hydrogen) atoms. The van der Waals surface area contributed by atoms with Crippen LogP contribution in [0, 0.1) is 10.1 Å². The van der Waals surface area contributed by atoms with Crippen molar-refractivity contribution < 1.29 is 18.1 Å². The van der Waals surface area contributed by atoms with Gasteiger partial charge >= 0.3 is 0 Å². The molecule has 158 valence electrons. The van der Waals surface area contributed by atoms with Gasteiger partial charge in [-0.1, -0.05) is 30.3 Å². The first kappa shape index (κ1) is 20.4. The standard InChI is InChI=1S/C19H16N6O5S/c26-25(27)15-6-8-16(9-7-15)31(28,29)20-12-13-30-18-11-10-17-21-22-19(24(17)23-18)14-4-2-1-3-5-14/h1-11,20H,12-13H2. The summed E-state index contributed by atoms with van der Waals surface area (Å²) in [6.07, 6.45) is 0. The molecule has 0 atom stereocenters. The number of nitrogens with one attached hydrogen (secondary N) is 1. The molecule has 2 aromatic heterocycles. The van der Waals surface area contributed by atoms with Crippen molar-refractivity contribution in [2.75, 3.05) is 13.2 Å². The summed E-state index contributed by atoms with van der Waals surface area (Å²) in [5.41, 5.74) is 1.20. The third-order valence-corrected chi connectivity index (χ3v) is 5.75. The minimum Gasteiger partial charge on any atom is -0.475 e. The van der Waals surface area contributed by atoms with Gasteiger partial charge in [-0.2, -0.15) is 4.52 Å². The van der Waals surface area contributed by atoms with Crippen LogP contribution in [0.15, 0.2) is 71.6 Å². The molecule has 0 saturated heterocycles. The van der Waals surface area contributed by atoms with Crippen LogP contribution in [-0.2, 0) is 10.0 Å². The SMILES string of the molecule is O=[N+]([O-])c1ccc(S(=O)(=O)NCCOc2ccc3nnc(-c4ccccc4)n3n2)cc1. The highest BCUT2D eigenvalue weighted by Gasteiger charge is 2.15. The minimum atomic E-state index is -3.82. The van der Waals surface area contributed by atoms with Crippen LogP contribution in [-0.4, -0.2) is 46.3 Å². The summed E-state index contributed by atoms with van der Waals surface area (Å²) in [6, 6.07) is 17.4. The molecule has 0 spiro atoms. The van der Waals surface area contributed by atoms with E-state index in [1.165, 1.54) is 12.1 Å². The van der Waals surface area contributed by atoms with Crippen molar-refractivity contribution in [1.29, 1.82) is 0 Å². The van der Waals surface area contributed by atoms with Crippen molar-refractivity contribution in [3.63, 3.8) is 0 Å². The molecule has 11 nitrogen and oxygen atoms in total. The molecule has 0 saturated carbocycles. The lowest BCUT2D eigenvalue weighted by molar-refractivity contribution is -0.384. The van der Waals surface area contributed by atoms with Gasteiger partial charge in [-0.25, -0.2) is 13.1 Å². The molecule has 0 bridgehead atoms. The second-order valence-electron chi connectivity index (χ2n) is 6.33. The van der Waals surface area contributed by atoms with Crippen molar-refractivity contribution in [3.8, 4) is 17.3 Å². The number of benzene rings is 2. The molecule has 0 amide bonds. The Kier molecular flexibility index (Phi) is 5.56. The summed E-state index contributed by atoms with van der Waals surface area (Å²) in [5.74, 6) is 0.832. The molecule has 0 fully saturated rings. The van der Waals surface area contributed by atoms with Crippen LogP contribution >= 0.6 is 0 Å². The molecule has 0 aliphatic heterocycles. The average molecular weight is 440 g/mol. The topological polar surface area (TPSA) is 142 Å². The highest BCUT2D eigenvalue weighted by molar-refractivity contribution is 7.89. The first-order valence-electron chi connectivity index (χ1n) is 9.09. The first-order valence-corrected chi connectivity index (χ1v) is 10.6. The van der Waals surface area contributed by atoms with E-state index in [1.807, 2.05) is 30.3 Å². The van der Waals surface area contributed by atoms with Gasteiger partial charge in [0.15, 0.2) is 11.5 Å². The third-order valence-electron chi connectivity index (χ3n) is 4.27. The normalized spacial score (nSPS) is 11.5. The third kappa shape index (κ3) is 4.49. The maximum Gasteiger partial charge on any atom is 0.269 e. The lowest BCUT2D eigenvalue weighted by Crippen LogP contribution is -2.28. The monoisotopic (exact) mass is 440 g/mol. The number of sulfonamides is 1. The molecule has 2 heterocycles. The average Bonchev–Trinajstić information content (AvgIpc) is 3.21. The Morgan fingerprint density at radius 1 is 1.00 bits per heavy atom. The van der Waals surface area contributed by atoms with E-state index in [0.29, 0.717) is 11.5 Å². The fourth-order valence-corrected chi connectivity index (χ4v) is 3.79. The number of aromatic nitrogens is 4. The Balaban J connectivity index is 1.40. The highest BCUT2D eigenvalue weighted by Crippen LogP contribution is 2.19. The molecular weight excluding hydrogens is 424 g/mol. The van der Waals surface area contributed by atoms with Crippen LogP contribution in [0.3, 0.4) is 0 Å². The van der Waals surface area contributed by atoms with E-state index >= 15 is 0 Å². The molecular formula is C19H16N6O5S. The zero-order chi connectivity index (χ0) is 21.8. The number of nitrogens with zero attached hydrogens (tertiary/aromatic N) is 5. The number of nitro benzene ring substituents is 1. The van der Waals surface area contributed by atoms with E-state index < -0.39 is 14.9 Å². The number of hydrogen-bond donors (Lipinski definition) is 1. The molecule has 4 rings (SSSR count). The predicted molar refractivity (Wildman–Crippen MR) is 110 cm³/mol. The molecule has 0 unspecified atom stereocenters. The van der Waals surface area contributed by atoms with E-state index in [-0.39, 0.29) is 29.6 Å². The van der Waals surface area contributed by atoms with E-state index in [0.717, 1.165) is 17.7 Å². The van der Waals surface area contributed by atoms with Gasteiger partial charge in [-0.3, -0.25) is 10.1 Å². The van der Waals surface area contributed by atoms with Gasteiger partial charge in [0.1, 0.15) is 6.61 Å². The molecule has 0 aliphatic rings. The van der Waals surface area contributed by atoms with Gasteiger partial charge < -0.3 is 4.74 Å². The number of nitro groups is 1. The number of non-ortho nitro benzene ring substituents is 1. The number of fused-ring (bicyclic) bond motifs is 1. The fraction of sp³-hybridized carbons (Fsp3) is 0.105. The van der Waals surface area contributed by atoms with Crippen molar-refractivity contribution in [2.45, 2.75) is 4.90 Å². The van der Waals surface area contributed by atoms with Crippen LogP contribution in [0.25, 0.3) is 17.0 Å². The first-order chi connectivity index (χ1) is 14.9. The van der Waals surface area contributed by atoms with Crippen LogP contribution in [0.5, 0.6) is 5.88 Å². The number of hydrogen-bond acceptors (Lipinski definition) is 8. The van der Waals surface area contributed by atoms with E-state index in [4.69, 9.17) is 4.74 Å². The van der Waals surface area contributed by atoms with Gasteiger partial charge in [0, 0.05) is 30.3 Å². The molecule has 1 N–H and O–H groups in total. The fourth-order valence-electron chi connectivity index (χ4n) is 2.78. The number of ether oxygens (including phenoxy) is 1. The van der Waals surface area contributed by atoms with Crippen molar-refractivity contribution in [2.24, 2.45) is 0 Å². The minimum absolute atomic E-state index is 0.0211. The van der Waals surface area contributed by atoms with Gasteiger partial charge in [-0.05, 0) is 18.2 Å². The summed E-state index contributed by atoms with van der Waals surface area (Å²) < 4.78 is 34.1. The van der Waals surface area contributed by atoms with E-state index in [2.05, 4.69) is 20.0 Å². The van der Waals surface area contributed by atoms with Crippen LogP contribution < -0.4 is 9.46 Å². The molecule has 2 aromatic carbocycles. The van der Waals surface area contributed by atoms with Crippen molar-refractivity contribution >= 4 is 21.4 Å². The lowest BCUT2D eigenvalue weighted by atomic mass is 10.2. The van der Waals surface area contributed by atoms with E-state index in [9.17, 15) is 18.5 Å². The number of rotatable bonds is 8. The zero-order valence-electron chi connectivity index (χ0n) is 16.0. The summed E-state index contributed by atoms with van der Waals surface area (Å²) in [5, 5.41) is 23.3. The van der Waals surface area contributed by atoms with Gasteiger partial charge in [0.2, 0.25) is 15.9 Å². The molecule has 4 aromatic rings. The Bertz CT molecular complexity index is 1320. The smallest absolute Gasteiger partial charge is 0.269 e.